The Morgan fingerprint density at radius 1 is 1.11 bits per heavy atom. The van der Waals surface area contributed by atoms with Gasteiger partial charge in [0, 0.05) is 10.4 Å². The third-order valence-electron chi connectivity index (χ3n) is 4.00. The van der Waals surface area contributed by atoms with Crippen LogP contribution in [0.3, 0.4) is 0 Å². The van der Waals surface area contributed by atoms with Crippen LogP contribution in [0.15, 0.2) is 57.6 Å². The van der Waals surface area contributed by atoms with Crippen LogP contribution in [0.25, 0.3) is 10.8 Å². The van der Waals surface area contributed by atoms with Crippen molar-refractivity contribution in [1.82, 2.24) is 0 Å². The third kappa shape index (κ3) is 3.68. The minimum atomic E-state index is -4.65. The number of halogens is 1. The molecule has 0 saturated heterocycles. The van der Waals surface area contributed by atoms with Crippen molar-refractivity contribution in [3.63, 3.8) is 0 Å². The normalized spacial score (nSPS) is 12.0. The molecule has 0 saturated carbocycles. The Balaban J connectivity index is 2.27. The summed E-state index contributed by atoms with van der Waals surface area (Å²) in [6.45, 7) is 1.60. The summed E-state index contributed by atoms with van der Waals surface area (Å²) in [6, 6.07) is 10.2. The maximum absolute atomic E-state index is 11.6. The lowest BCUT2D eigenvalue weighted by Crippen LogP contribution is -1.99. The van der Waals surface area contributed by atoms with Crippen LogP contribution in [0.5, 0.6) is 5.75 Å². The Bertz CT molecular complexity index is 1250. The summed E-state index contributed by atoms with van der Waals surface area (Å²) in [5.41, 5.74) is -0.260. The van der Waals surface area contributed by atoms with Gasteiger partial charge in [-0.2, -0.15) is 8.42 Å². The van der Waals surface area contributed by atoms with E-state index in [-0.39, 0.29) is 22.0 Å². The summed E-state index contributed by atoms with van der Waals surface area (Å²) in [5, 5.41) is 28.4. The fraction of sp³-hybridized carbons (Fsp3) is 0.0556. The number of aromatic carboxylic acids is 1. The highest BCUT2D eigenvalue weighted by atomic mass is 35.5. The molecule has 0 aliphatic rings. The molecule has 3 aromatic rings. The number of azo groups is 1. The monoisotopic (exact) mass is 420 g/mol. The lowest BCUT2D eigenvalue weighted by atomic mass is 10.0. The van der Waals surface area contributed by atoms with Crippen LogP contribution in [-0.2, 0) is 10.1 Å². The van der Waals surface area contributed by atoms with Crippen molar-refractivity contribution >= 4 is 49.8 Å². The van der Waals surface area contributed by atoms with Gasteiger partial charge in [-0.1, -0.05) is 35.9 Å². The molecule has 144 valence electrons. The van der Waals surface area contributed by atoms with Crippen molar-refractivity contribution in [2.24, 2.45) is 10.2 Å². The quantitative estimate of drug-likeness (QED) is 0.407. The summed E-state index contributed by atoms with van der Waals surface area (Å²) in [5.74, 6) is -1.98. The summed E-state index contributed by atoms with van der Waals surface area (Å²) in [4.78, 5) is 10.8. The molecule has 3 aromatic carbocycles. The number of hydrogen-bond donors (Lipinski definition) is 3. The lowest BCUT2D eigenvalue weighted by Gasteiger charge is -2.08. The highest BCUT2D eigenvalue weighted by Gasteiger charge is 2.20. The Morgan fingerprint density at radius 2 is 1.79 bits per heavy atom. The zero-order valence-corrected chi connectivity index (χ0v) is 15.9. The number of hydrogen-bond acceptors (Lipinski definition) is 6. The summed E-state index contributed by atoms with van der Waals surface area (Å²) in [7, 11) is -4.65. The highest BCUT2D eigenvalue weighted by molar-refractivity contribution is 7.86. The van der Waals surface area contributed by atoms with Gasteiger partial charge in [0.25, 0.3) is 10.1 Å². The van der Waals surface area contributed by atoms with Crippen molar-refractivity contribution in [3.05, 3.63) is 58.6 Å². The lowest BCUT2D eigenvalue weighted by molar-refractivity contribution is 0.0694. The standard InChI is InChI=1S/C18H13ClN2O6S/c1-9-6-14(15(8-13(9)19)28(25,26)27)20-21-16-11-5-3-2-4-10(11)7-12(17(16)22)18(23)24/h2-8,22H,1H3,(H,23,24)(H,25,26,27). The van der Waals surface area contributed by atoms with Crippen molar-refractivity contribution in [3.8, 4) is 5.75 Å². The second-order valence-corrected chi connectivity index (χ2v) is 7.69. The second kappa shape index (κ2) is 7.19. The smallest absolute Gasteiger partial charge is 0.339 e. The molecule has 3 N–H and O–H groups in total. The molecule has 0 aromatic heterocycles. The van der Waals surface area contributed by atoms with E-state index in [0.717, 1.165) is 6.07 Å². The maximum atomic E-state index is 11.6. The molecule has 3 rings (SSSR count). The van der Waals surface area contributed by atoms with Gasteiger partial charge in [-0.25, -0.2) is 4.79 Å². The van der Waals surface area contributed by atoms with Crippen LogP contribution < -0.4 is 0 Å². The predicted octanol–water partition coefficient (Wildman–Crippen LogP) is 4.87. The van der Waals surface area contributed by atoms with Crippen LogP contribution in [0.4, 0.5) is 11.4 Å². The molecule has 0 spiro atoms. The van der Waals surface area contributed by atoms with Gasteiger partial charge in [-0.05, 0) is 36.1 Å². The Kier molecular flexibility index (Phi) is 5.07. The van der Waals surface area contributed by atoms with Crippen molar-refractivity contribution in [2.45, 2.75) is 11.8 Å². The first-order valence-electron chi connectivity index (χ1n) is 7.77. The maximum Gasteiger partial charge on any atom is 0.339 e. The number of carbonyl (C=O) groups is 1. The van der Waals surface area contributed by atoms with E-state index in [1.807, 2.05) is 0 Å². The van der Waals surface area contributed by atoms with E-state index < -0.39 is 26.7 Å². The molecule has 8 nitrogen and oxygen atoms in total. The van der Waals surface area contributed by atoms with Crippen LogP contribution in [0.1, 0.15) is 15.9 Å². The van der Waals surface area contributed by atoms with Gasteiger partial charge in [-0.3, -0.25) is 4.55 Å². The van der Waals surface area contributed by atoms with Crippen LogP contribution in [0, 0.1) is 6.92 Å². The number of aryl methyl sites for hydroxylation is 1. The molecule has 10 heteroatoms. The zero-order valence-electron chi connectivity index (χ0n) is 14.3. The number of nitrogens with zero attached hydrogens (tertiary/aromatic N) is 2. The molecule has 0 heterocycles. The summed E-state index contributed by atoms with van der Waals surface area (Å²) in [6.07, 6.45) is 0. The average molecular weight is 421 g/mol. The number of benzene rings is 3. The van der Waals surface area contributed by atoms with Gasteiger partial charge < -0.3 is 10.2 Å². The van der Waals surface area contributed by atoms with E-state index in [0.29, 0.717) is 16.3 Å². The van der Waals surface area contributed by atoms with Crippen molar-refractivity contribution < 1.29 is 28.0 Å². The minimum Gasteiger partial charge on any atom is -0.505 e. The molecule has 0 radical (unpaired) electrons. The van der Waals surface area contributed by atoms with Crippen LogP contribution in [0.2, 0.25) is 5.02 Å². The molecule has 0 fully saturated rings. The van der Waals surface area contributed by atoms with Crippen LogP contribution in [-0.4, -0.2) is 29.2 Å². The molecular weight excluding hydrogens is 408 g/mol. The SMILES string of the molecule is Cc1cc(N=Nc2c(O)c(C(=O)O)cc3ccccc23)c(S(=O)(=O)O)cc1Cl. The van der Waals surface area contributed by atoms with Crippen LogP contribution >= 0.6 is 11.6 Å². The number of aromatic hydroxyl groups is 1. The fourth-order valence-electron chi connectivity index (χ4n) is 2.62. The average Bonchev–Trinajstić information content (AvgIpc) is 2.61. The molecule has 0 bridgehead atoms. The zero-order chi connectivity index (χ0) is 20.6. The van der Waals surface area contributed by atoms with Crippen molar-refractivity contribution in [2.75, 3.05) is 0 Å². The fourth-order valence-corrected chi connectivity index (χ4v) is 3.48. The van der Waals surface area contributed by atoms with Gasteiger partial charge in [0.15, 0.2) is 5.75 Å². The number of rotatable bonds is 4. The number of carboxylic acids is 1. The third-order valence-corrected chi connectivity index (χ3v) is 5.29. The first-order chi connectivity index (χ1) is 13.1. The van der Waals surface area contributed by atoms with Gasteiger partial charge in [0.05, 0.1) is 0 Å². The molecule has 0 amide bonds. The number of carboxylic acid groups (broad SMARTS) is 1. The van der Waals surface area contributed by atoms with E-state index in [4.69, 9.17) is 11.6 Å². The number of fused-ring (bicyclic) bond motifs is 1. The topological polar surface area (TPSA) is 137 Å². The van der Waals surface area contributed by atoms with Gasteiger partial charge in [0.1, 0.15) is 21.8 Å². The highest BCUT2D eigenvalue weighted by Crippen LogP contribution is 2.40. The Morgan fingerprint density at radius 3 is 2.43 bits per heavy atom. The minimum absolute atomic E-state index is 0.104. The second-order valence-electron chi connectivity index (χ2n) is 5.89. The summed E-state index contributed by atoms with van der Waals surface area (Å²) < 4.78 is 32.6. The molecule has 0 aliphatic carbocycles. The summed E-state index contributed by atoms with van der Waals surface area (Å²) >= 11 is 5.91. The Hall–Kier alpha value is -3.01. The first kappa shape index (κ1) is 19.7. The van der Waals surface area contributed by atoms with E-state index in [1.165, 1.54) is 12.1 Å². The number of phenols is 1. The predicted molar refractivity (Wildman–Crippen MR) is 103 cm³/mol. The van der Waals surface area contributed by atoms with E-state index in [1.54, 1.807) is 31.2 Å². The first-order valence-corrected chi connectivity index (χ1v) is 9.58. The van der Waals surface area contributed by atoms with E-state index >= 15 is 0 Å². The van der Waals surface area contributed by atoms with E-state index in [2.05, 4.69) is 10.2 Å². The van der Waals surface area contributed by atoms with E-state index in [9.17, 15) is 28.0 Å². The van der Waals surface area contributed by atoms with Gasteiger partial charge in [0.2, 0.25) is 0 Å². The molecule has 0 unspecified atom stereocenters. The molecule has 28 heavy (non-hydrogen) atoms. The Labute approximate surface area is 164 Å². The molecular formula is C18H13ClN2O6S. The van der Waals surface area contributed by atoms with Gasteiger partial charge in [-0.15, -0.1) is 10.2 Å². The largest absolute Gasteiger partial charge is 0.505 e. The molecule has 0 atom stereocenters. The molecule has 0 aliphatic heterocycles. The van der Waals surface area contributed by atoms with Gasteiger partial charge >= 0.3 is 5.97 Å². The van der Waals surface area contributed by atoms with Crippen molar-refractivity contribution in [1.29, 1.82) is 0 Å².